The van der Waals surface area contributed by atoms with Gasteiger partial charge in [0.15, 0.2) is 0 Å². The molecule has 1 atom stereocenters. The van der Waals surface area contributed by atoms with Crippen LogP contribution in [0.25, 0.3) is 0 Å². The zero-order valence-electron chi connectivity index (χ0n) is 9.29. The van der Waals surface area contributed by atoms with Gasteiger partial charge in [-0.25, -0.2) is 0 Å². The van der Waals surface area contributed by atoms with Gasteiger partial charge in [0.25, 0.3) is 0 Å². The molecule has 1 aromatic heterocycles. The van der Waals surface area contributed by atoms with E-state index in [4.69, 9.17) is 4.74 Å². The summed E-state index contributed by atoms with van der Waals surface area (Å²) in [6.07, 6.45) is 1.07. The predicted molar refractivity (Wildman–Crippen MR) is 64.7 cm³/mol. The SMILES string of the molecule is CC(=O)Nc1ccsc1CNC1CCOC1. The zero-order valence-corrected chi connectivity index (χ0v) is 10.1. The smallest absolute Gasteiger partial charge is 0.221 e. The number of ether oxygens (including phenoxy) is 1. The number of anilines is 1. The van der Waals surface area contributed by atoms with Crippen LogP contribution >= 0.6 is 11.3 Å². The lowest BCUT2D eigenvalue weighted by Crippen LogP contribution is -2.28. The van der Waals surface area contributed by atoms with Crippen LogP contribution in [0.15, 0.2) is 11.4 Å². The molecule has 2 N–H and O–H groups in total. The summed E-state index contributed by atoms with van der Waals surface area (Å²) in [6, 6.07) is 2.39. The number of amides is 1. The van der Waals surface area contributed by atoms with Crippen LogP contribution < -0.4 is 10.6 Å². The van der Waals surface area contributed by atoms with Crippen molar-refractivity contribution in [3.05, 3.63) is 16.3 Å². The molecule has 2 rings (SSSR count). The van der Waals surface area contributed by atoms with Gasteiger partial charge in [0, 0.05) is 31.0 Å². The molecule has 0 bridgehead atoms. The van der Waals surface area contributed by atoms with Crippen molar-refractivity contribution in [1.29, 1.82) is 0 Å². The molecular formula is C11H16N2O2S. The summed E-state index contributed by atoms with van der Waals surface area (Å²) in [4.78, 5) is 12.1. The molecule has 2 heterocycles. The largest absolute Gasteiger partial charge is 0.380 e. The fourth-order valence-electron chi connectivity index (χ4n) is 1.71. The van der Waals surface area contributed by atoms with Crippen molar-refractivity contribution < 1.29 is 9.53 Å². The molecular weight excluding hydrogens is 224 g/mol. The molecule has 1 saturated heterocycles. The van der Waals surface area contributed by atoms with Crippen LogP contribution in [0.1, 0.15) is 18.2 Å². The Morgan fingerprint density at radius 2 is 2.56 bits per heavy atom. The Bertz CT molecular complexity index is 359. The van der Waals surface area contributed by atoms with Gasteiger partial charge in [-0.15, -0.1) is 11.3 Å². The molecule has 1 aromatic rings. The minimum Gasteiger partial charge on any atom is -0.380 e. The quantitative estimate of drug-likeness (QED) is 0.840. The number of hydrogen-bond donors (Lipinski definition) is 2. The first-order valence-corrected chi connectivity index (χ1v) is 6.29. The van der Waals surface area contributed by atoms with E-state index in [0.717, 1.165) is 31.9 Å². The van der Waals surface area contributed by atoms with Gasteiger partial charge >= 0.3 is 0 Å². The Balaban J connectivity index is 1.88. The van der Waals surface area contributed by atoms with Gasteiger partial charge in [-0.2, -0.15) is 0 Å². The van der Waals surface area contributed by atoms with Gasteiger partial charge in [0.2, 0.25) is 5.91 Å². The summed E-state index contributed by atoms with van der Waals surface area (Å²) < 4.78 is 5.29. The van der Waals surface area contributed by atoms with Crippen molar-refractivity contribution in [2.45, 2.75) is 25.9 Å². The Hall–Kier alpha value is -0.910. The van der Waals surface area contributed by atoms with Crippen molar-refractivity contribution in [2.75, 3.05) is 18.5 Å². The van der Waals surface area contributed by atoms with E-state index >= 15 is 0 Å². The van der Waals surface area contributed by atoms with Gasteiger partial charge in [-0.3, -0.25) is 4.79 Å². The highest BCUT2D eigenvalue weighted by atomic mass is 32.1. The van der Waals surface area contributed by atoms with E-state index in [1.807, 2.05) is 11.4 Å². The second-order valence-corrected chi connectivity index (χ2v) is 4.88. The maximum Gasteiger partial charge on any atom is 0.221 e. The highest BCUT2D eigenvalue weighted by molar-refractivity contribution is 7.10. The molecule has 1 aliphatic heterocycles. The average Bonchev–Trinajstić information content (AvgIpc) is 2.84. The lowest BCUT2D eigenvalue weighted by molar-refractivity contribution is -0.114. The molecule has 0 saturated carbocycles. The fraction of sp³-hybridized carbons (Fsp3) is 0.545. The van der Waals surface area contributed by atoms with E-state index in [9.17, 15) is 4.79 Å². The van der Waals surface area contributed by atoms with Crippen LogP contribution in [0.2, 0.25) is 0 Å². The lowest BCUT2D eigenvalue weighted by Gasteiger charge is -2.10. The van der Waals surface area contributed by atoms with E-state index < -0.39 is 0 Å². The Kier molecular flexibility index (Phi) is 3.93. The van der Waals surface area contributed by atoms with Crippen LogP contribution in [-0.2, 0) is 16.1 Å². The molecule has 88 valence electrons. The normalized spacial score (nSPS) is 19.9. The molecule has 1 aliphatic rings. The zero-order chi connectivity index (χ0) is 11.4. The third-order valence-electron chi connectivity index (χ3n) is 2.54. The van der Waals surface area contributed by atoms with E-state index in [1.54, 1.807) is 11.3 Å². The van der Waals surface area contributed by atoms with Gasteiger partial charge in [0.1, 0.15) is 0 Å². The molecule has 1 fully saturated rings. The van der Waals surface area contributed by atoms with Crippen LogP contribution in [0.3, 0.4) is 0 Å². The van der Waals surface area contributed by atoms with Crippen LogP contribution in [0.4, 0.5) is 5.69 Å². The maximum absolute atomic E-state index is 11.0. The molecule has 1 unspecified atom stereocenters. The van der Waals surface area contributed by atoms with E-state index in [-0.39, 0.29) is 5.91 Å². The molecule has 5 heteroatoms. The first kappa shape index (κ1) is 11.6. The average molecular weight is 240 g/mol. The number of hydrogen-bond acceptors (Lipinski definition) is 4. The number of carbonyl (C=O) groups is 1. The maximum atomic E-state index is 11.0. The lowest BCUT2D eigenvalue weighted by atomic mass is 10.2. The van der Waals surface area contributed by atoms with Crippen molar-refractivity contribution in [3.63, 3.8) is 0 Å². The number of thiophene rings is 1. The topological polar surface area (TPSA) is 50.4 Å². The Morgan fingerprint density at radius 1 is 1.69 bits per heavy atom. The summed E-state index contributed by atoms with van der Waals surface area (Å²) in [5.74, 6) is -0.0242. The fourth-order valence-corrected chi connectivity index (χ4v) is 2.49. The minimum atomic E-state index is -0.0242. The second-order valence-electron chi connectivity index (χ2n) is 3.88. The summed E-state index contributed by atoms with van der Waals surface area (Å²) in [5.41, 5.74) is 0.920. The number of carbonyl (C=O) groups excluding carboxylic acids is 1. The van der Waals surface area contributed by atoms with Crippen LogP contribution in [0, 0.1) is 0 Å². The van der Waals surface area contributed by atoms with Gasteiger partial charge < -0.3 is 15.4 Å². The van der Waals surface area contributed by atoms with Crippen molar-refractivity contribution >= 4 is 22.9 Å². The van der Waals surface area contributed by atoms with E-state index in [0.29, 0.717) is 6.04 Å². The molecule has 0 spiro atoms. The van der Waals surface area contributed by atoms with Gasteiger partial charge in [0.05, 0.1) is 12.3 Å². The monoisotopic (exact) mass is 240 g/mol. The van der Waals surface area contributed by atoms with Crippen LogP contribution in [-0.4, -0.2) is 25.2 Å². The van der Waals surface area contributed by atoms with Gasteiger partial charge in [-0.1, -0.05) is 0 Å². The second kappa shape index (κ2) is 5.43. The summed E-state index contributed by atoms with van der Waals surface area (Å²) in [6.45, 7) is 3.96. The van der Waals surface area contributed by atoms with Crippen LogP contribution in [0.5, 0.6) is 0 Å². The van der Waals surface area contributed by atoms with E-state index in [1.165, 1.54) is 11.8 Å². The van der Waals surface area contributed by atoms with Crippen molar-refractivity contribution in [2.24, 2.45) is 0 Å². The first-order chi connectivity index (χ1) is 7.75. The highest BCUT2D eigenvalue weighted by Gasteiger charge is 2.15. The Labute approximate surface area is 99.0 Å². The third kappa shape index (κ3) is 3.04. The van der Waals surface area contributed by atoms with Gasteiger partial charge in [-0.05, 0) is 17.9 Å². The van der Waals surface area contributed by atoms with E-state index in [2.05, 4.69) is 10.6 Å². The number of nitrogens with one attached hydrogen (secondary N) is 2. The van der Waals surface area contributed by atoms with Crippen molar-refractivity contribution in [1.82, 2.24) is 5.32 Å². The molecule has 16 heavy (non-hydrogen) atoms. The predicted octanol–water partition coefficient (Wildman–Crippen LogP) is 1.58. The molecule has 0 aromatic carbocycles. The summed E-state index contributed by atoms with van der Waals surface area (Å²) >= 11 is 1.66. The summed E-state index contributed by atoms with van der Waals surface area (Å²) in [5, 5.41) is 8.25. The Morgan fingerprint density at radius 3 is 3.25 bits per heavy atom. The molecule has 4 nitrogen and oxygen atoms in total. The molecule has 1 amide bonds. The number of rotatable bonds is 4. The highest BCUT2D eigenvalue weighted by Crippen LogP contribution is 2.22. The van der Waals surface area contributed by atoms with Crippen molar-refractivity contribution in [3.8, 4) is 0 Å². The molecule has 0 aliphatic carbocycles. The molecule has 0 radical (unpaired) electrons. The summed E-state index contributed by atoms with van der Waals surface area (Å²) in [7, 11) is 0. The third-order valence-corrected chi connectivity index (χ3v) is 3.46. The minimum absolute atomic E-state index is 0.0242. The standard InChI is InChI=1S/C11H16N2O2S/c1-8(14)13-10-3-5-16-11(10)6-12-9-2-4-15-7-9/h3,5,9,12H,2,4,6-7H2,1H3,(H,13,14). The first-order valence-electron chi connectivity index (χ1n) is 5.41.